The van der Waals surface area contributed by atoms with Gasteiger partial charge < -0.3 is 24.8 Å². The minimum absolute atomic E-state index is 0.0226. The van der Waals surface area contributed by atoms with Gasteiger partial charge in [-0.1, -0.05) is 12.1 Å². The standard InChI is InChI=1S/C26H27N3O4/c1-16(2)27-26(30)33-15-17-6-5-7-18(12-17)28-25-21-10-8-20(32-4)14-24(21)29-23-11-9-19(31-3)13-22(23)25/h5-14,16H,15H2,1-4H3,(H,27,30)(H,28,29). The molecular weight excluding hydrogens is 418 g/mol. The fourth-order valence-corrected chi connectivity index (χ4v) is 3.60. The molecule has 7 nitrogen and oxygen atoms in total. The SMILES string of the molecule is COc1ccc2c(Nc3cccc(COC(=O)NC(C)C)c3)c3cc(OC)ccc3nc2c1. The van der Waals surface area contributed by atoms with Gasteiger partial charge in [0.25, 0.3) is 0 Å². The Morgan fingerprint density at radius 2 is 1.67 bits per heavy atom. The second kappa shape index (κ2) is 9.65. The number of amides is 1. The lowest BCUT2D eigenvalue weighted by Gasteiger charge is -2.15. The Morgan fingerprint density at radius 1 is 0.909 bits per heavy atom. The molecule has 0 bridgehead atoms. The first-order valence-corrected chi connectivity index (χ1v) is 10.7. The van der Waals surface area contributed by atoms with Gasteiger partial charge in [-0.25, -0.2) is 9.78 Å². The fraction of sp³-hybridized carbons (Fsp3) is 0.231. The third-order valence-electron chi connectivity index (χ3n) is 5.16. The quantitative estimate of drug-likeness (QED) is 0.351. The zero-order valence-electron chi connectivity index (χ0n) is 19.1. The maximum Gasteiger partial charge on any atom is 0.407 e. The number of methoxy groups -OCH3 is 2. The first-order valence-electron chi connectivity index (χ1n) is 10.7. The molecule has 0 fully saturated rings. The lowest BCUT2D eigenvalue weighted by molar-refractivity contribution is 0.137. The Hall–Kier alpha value is -4.00. The molecular formula is C26H27N3O4. The molecule has 0 radical (unpaired) electrons. The van der Waals surface area contributed by atoms with Gasteiger partial charge in [0.1, 0.15) is 18.1 Å². The van der Waals surface area contributed by atoms with Crippen molar-refractivity contribution in [3.8, 4) is 11.5 Å². The summed E-state index contributed by atoms with van der Waals surface area (Å²) in [6.45, 7) is 3.95. The molecule has 0 aliphatic rings. The zero-order chi connectivity index (χ0) is 23.4. The van der Waals surface area contributed by atoms with Crippen LogP contribution in [0, 0.1) is 0 Å². The van der Waals surface area contributed by atoms with Gasteiger partial charge in [0.2, 0.25) is 0 Å². The minimum atomic E-state index is -0.435. The van der Waals surface area contributed by atoms with Gasteiger partial charge in [0.15, 0.2) is 0 Å². The van der Waals surface area contributed by atoms with Gasteiger partial charge >= 0.3 is 6.09 Å². The first kappa shape index (κ1) is 22.2. The van der Waals surface area contributed by atoms with Crippen molar-refractivity contribution < 1.29 is 19.0 Å². The summed E-state index contributed by atoms with van der Waals surface area (Å²) < 4.78 is 16.2. The molecule has 33 heavy (non-hydrogen) atoms. The van der Waals surface area contributed by atoms with Crippen LogP contribution >= 0.6 is 0 Å². The fourth-order valence-electron chi connectivity index (χ4n) is 3.60. The Balaban J connectivity index is 1.71. The predicted molar refractivity (Wildman–Crippen MR) is 131 cm³/mol. The molecule has 0 spiro atoms. The highest BCUT2D eigenvalue weighted by molar-refractivity contribution is 6.09. The number of aromatic nitrogens is 1. The van der Waals surface area contributed by atoms with E-state index in [-0.39, 0.29) is 12.6 Å². The van der Waals surface area contributed by atoms with E-state index in [1.54, 1.807) is 14.2 Å². The number of rotatable bonds is 7. The van der Waals surface area contributed by atoms with E-state index >= 15 is 0 Å². The van der Waals surface area contributed by atoms with Gasteiger partial charge in [-0.15, -0.1) is 0 Å². The summed E-state index contributed by atoms with van der Waals surface area (Å²) >= 11 is 0. The van der Waals surface area contributed by atoms with Crippen LogP contribution in [0.15, 0.2) is 60.7 Å². The number of benzene rings is 3. The molecule has 2 N–H and O–H groups in total. The number of pyridine rings is 1. The predicted octanol–water partition coefficient (Wildman–Crippen LogP) is 5.78. The molecule has 0 aliphatic heterocycles. The highest BCUT2D eigenvalue weighted by atomic mass is 16.5. The number of alkyl carbamates (subject to hydrolysis) is 1. The van der Waals surface area contributed by atoms with E-state index in [4.69, 9.17) is 19.2 Å². The molecule has 1 amide bonds. The van der Waals surface area contributed by atoms with E-state index in [2.05, 4.69) is 10.6 Å². The van der Waals surface area contributed by atoms with E-state index in [9.17, 15) is 4.79 Å². The summed E-state index contributed by atoms with van der Waals surface area (Å²) in [7, 11) is 3.29. The van der Waals surface area contributed by atoms with Crippen LogP contribution in [0.25, 0.3) is 21.8 Å². The van der Waals surface area contributed by atoms with Gasteiger partial charge in [-0.2, -0.15) is 0 Å². The lowest BCUT2D eigenvalue weighted by Crippen LogP contribution is -2.30. The Labute approximate surface area is 192 Å². The average molecular weight is 446 g/mol. The topological polar surface area (TPSA) is 81.7 Å². The number of nitrogens with zero attached hydrogens (tertiary/aromatic N) is 1. The molecule has 170 valence electrons. The van der Waals surface area contributed by atoms with Crippen molar-refractivity contribution in [3.63, 3.8) is 0 Å². The first-order chi connectivity index (χ1) is 16.0. The van der Waals surface area contributed by atoms with Crippen molar-refractivity contribution in [3.05, 3.63) is 66.2 Å². The zero-order valence-corrected chi connectivity index (χ0v) is 19.1. The highest BCUT2D eigenvalue weighted by Gasteiger charge is 2.12. The summed E-state index contributed by atoms with van der Waals surface area (Å²) in [6.07, 6.45) is -0.435. The summed E-state index contributed by atoms with van der Waals surface area (Å²) in [5.74, 6) is 1.49. The smallest absolute Gasteiger partial charge is 0.407 e. The van der Waals surface area contributed by atoms with E-state index in [0.29, 0.717) is 0 Å². The maximum absolute atomic E-state index is 11.8. The van der Waals surface area contributed by atoms with Gasteiger partial charge in [-0.3, -0.25) is 0 Å². The normalized spacial score (nSPS) is 10.9. The summed E-state index contributed by atoms with van der Waals surface area (Å²) in [6, 6.07) is 19.4. The molecule has 4 rings (SSSR count). The molecule has 0 atom stereocenters. The Morgan fingerprint density at radius 3 is 2.42 bits per heavy atom. The lowest BCUT2D eigenvalue weighted by atomic mass is 10.1. The van der Waals surface area contributed by atoms with Crippen LogP contribution in [0.1, 0.15) is 19.4 Å². The monoisotopic (exact) mass is 445 g/mol. The number of fused-ring (bicyclic) bond motifs is 2. The Bertz CT molecular complexity index is 1300. The van der Waals surface area contributed by atoms with E-state index < -0.39 is 6.09 Å². The number of hydrogen-bond donors (Lipinski definition) is 2. The largest absolute Gasteiger partial charge is 0.497 e. The van der Waals surface area contributed by atoms with E-state index in [0.717, 1.165) is 50.2 Å². The minimum Gasteiger partial charge on any atom is -0.497 e. The van der Waals surface area contributed by atoms with Crippen LogP contribution in [-0.4, -0.2) is 31.3 Å². The third kappa shape index (κ3) is 5.09. The molecule has 3 aromatic carbocycles. The van der Waals surface area contributed by atoms with E-state index in [1.165, 1.54) is 0 Å². The summed E-state index contributed by atoms with van der Waals surface area (Å²) in [5, 5.41) is 8.16. The molecule has 4 aromatic rings. The summed E-state index contributed by atoms with van der Waals surface area (Å²) in [5.41, 5.74) is 4.31. The number of carbonyl (C=O) groups excluding carboxylic acids is 1. The van der Waals surface area contributed by atoms with Crippen molar-refractivity contribution in [2.24, 2.45) is 0 Å². The molecule has 1 aromatic heterocycles. The second-order valence-electron chi connectivity index (χ2n) is 7.95. The van der Waals surface area contributed by atoms with Crippen molar-refractivity contribution in [1.82, 2.24) is 10.3 Å². The van der Waals surface area contributed by atoms with Crippen LogP contribution < -0.4 is 20.1 Å². The van der Waals surface area contributed by atoms with Crippen LogP contribution in [-0.2, 0) is 11.3 Å². The Kier molecular flexibility index (Phi) is 6.49. The van der Waals surface area contributed by atoms with Crippen molar-refractivity contribution >= 4 is 39.3 Å². The van der Waals surface area contributed by atoms with Crippen LogP contribution in [0.3, 0.4) is 0 Å². The number of nitrogens with one attached hydrogen (secondary N) is 2. The number of anilines is 2. The number of carbonyl (C=O) groups is 1. The van der Waals surface area contributed by atoms with Crippen LogP contribution in [0.4, 0.5) is 16.2 Å². The van der Waals surface area contributed by atoms with Gasteiger partial charge in [0, 0.05) is 28.6 Å². The number of hydrogen-bond acceptors (Lipinski definition) is 6. The van der Waals surface area contributed by atoms with Gasteiger partial charge in [0.05, 0.1) is 30.9 Å². The number of ether oxygens (including phenoxy) is 3. The average Bonchev–Trinajstić information content (AvgIpc) is 2.81. The van der Waals surface area contributed by atoms with Crippen molar-refractivity contribution in [2.75, 3.05) is 19.5 Å². The third-order valence-corrected chi connectivity index (χ3v) is 5.16. The molecule has 0 saturated carbocycles. The van der Waals surface area contributed by atoms with Gasteiger partial charge in [-0.05, 0) is 61.9 Å². The van der Waals surface area contributed by atoms with Crippen LogP contribution in [0.2, 0.25) is 0 Å². The molecule has 0 saturated heterocycles. The highest BCUT2D eigenvalue weighted by Crippen LogP contribution is 2.36. The van der Waals surface area contributed by atoms with Crippen LogP contribution in [0.5, 0.6) is 11.5 Å². The molecule has 0 aliphatic carbocycles. The van der Waals surface area contributed by atoms with Crippen molar-refractivity contribution in [2.45, 2.75) is 26.5 Å². The van der Waals surface area contributed by atoms with Crippen molar-refractivity contribution in [1.29, 1.82) is 0 Å². The molecule has 0 unspecified atom stereocenters. The van der Waals surface area contributed by atoms with E-state index in [1.807, 2.05) is 74.5 Å². The second-order valence-corrected chi connectivity index (χ2v) is 7.95. The maximum atomic E-state index is 11.8. The molecule has 7 heteroatoms. The summed E-state index contributed by atoms with van der Waals surface area (Å²) in [4.78, 5) is 16.6. The molecule has 1 heterocycles.